The Morgan fingerprint density at radius 1 is 1.18 bits per heavy atom. The zero-order chi connectivity index (χ0) is 12.4. The lowest BCUT2D eigenvalue weighted by Gasteiger charge is -2.38. The van der Waals surface area contributed by atoms with Gasteiger partial charge in [-0.3, -0.25) is 0 Å². The molecule has 0 aromatic carbocycles. The summed E-state index contributed by atoms with van der Waals surface area (Å²) in [6.07, 6.45) is -4.42. The van der Waals surface area contributed by atoms with E-state index in [0.717, 1.165) is 4.88 Å². The standard InChI is InChI=1S/C11H17NO4S/c13-8-4-7(9(14)11(16)10(8)15)12-5-6-2-1-3-17-6/h1-3,7-16H,4-5H2/t7-,8+,9-,10-,11-/m0/s1. The van der Waals surface area contributed by atoms with Crippen molar-refractivity contribution >= 4 is 11.3 Å². The van der Waals surface area contributed by atoms with E-state index in [2.05, 4.69) is 5.32 Å². The van der Waals surface area contributed by atoms with Crippen LogP contribution < -0.4 is 5.32 Å². The van der Waals surface area contributed by atoms with Crippen molar-refractivity contribution in [2.24, 2.45) is 0 Å². The largest absolute Gasteiger partial charge is 0.390 e. The Morgan fingerprint density at radius 3 is 2.59 bits per heavy atom. The molecule has 0 saturated heterocycles. The van der Waals surface area contributed by atoms with Gasteiger partial charge in [0.25, 0.3) is 0 Å². The van der Waals surface area contributed by atoms with Gasteiger partial charge in [0.15, 0.2) is 0 Å². The van der Waals surface area contributed by atoms with Gasteiger partial charge in [-0.15, -0.1) is 11.3 Å². The number of thiophene rings is 1. The third kappa shape index (κ3) is 2.85. The molecule has 2 rings (SSSR count). The fourth-order valence-electron chi connectivity index (χ4n) is 2.06. The van der Waals surface area contributed by atoms with Crippen LogP contribution in [0.3, 0.4) is 0 Å². The quantitative estimate of drug-likeness (QED) is 0.483. The molecule has 1 heterocycles. The smallest absolute Gasteiger partial charge is 0.110 e. The molecule has 17 heavy (non-hydrogen) atoms. The third-order valence-electron chi connectivity index (χ3n) is 3.12. The Morgan fingerprint density at radius 2 is 1.94 bits per heavy atom. The van der Waals surface area contributed by atoms with Crippen LogP contribution in [0.4, 0.5) is 0 Å². The molecule has 0 radical (unpaired) electrons. The van der Waals surface area contributed by atoms with Crippen LogP contribution in [0, 0.1) is 0 Å². The lowest BCUT2D eigenvalue weighted by atomic mass is 9.85. The molecule has 1 aliphatic carbocycles. The minimum atomic E-state index is -1.31. The minimum absolute atomic E-state index is 0.227. The first-order valence-corrected chi connectivity index (χ1v) is 6.45. The molecule has 0 bridgehead atoms. The lowest BCUT2D eigenvalue weighted by molar-refractivity contribution is -0.146. The number of hydrogen-bond donors (Lipinski definition) is 5. The average molecular weight is 259 g/mol. The maximum Gasteiger partial charge on any atom is 0.110 e. The molecule has 0 aliphatic heterocycles. The molecular weight excluding hydrogens is 242 g/mol. The SMILES string of the molecule is O[C@@H]1[C@@H](O)[C@H](O)C[C@H](NCc2cccs2)[C@@H]1O. The fraction of sp³-hybridized carbons (Fsp3) is 0.636. The van der Waals surface area contributed by atoms with Crippen LogP contribution in [0.2, 0.25) is 0 Å². The van der Waals surface area contributed by atoms with E-state index in [4.69, 9.17) is 0 Å². The Hall–Kier alpha value is -0.500. The normalized spacial score (nSPS) is 38.2. The molecule has 96 valence electrons. The average Bonchev–Trinajstić information content (AvgIpc) is 2.82. The molecule has 5 N–H and O–H groups in total. The lowest BCUT2D eigenvalue weighted by Crippen LogP contribution is -2.59. The van der Waals surface area contributed by atoms with Crippen molar-refractivity contribution < 1.29 is 20.4 Å². The molecule has 1 aromatic rings. The van der Waals surface area contributed by atoms with E-state index >= 15 is 0 Å². The molecule has 1 saturated carbocycles. The highest BCUT2D eigenvalue weighted by molar-refractivity contribution is 7.09. The molecule has 1 aliphatic rings. The van der Waals surface area contributed by atoms with E-state index in [0.29, 0.717) is 6.54 Å². The predicted molar refractivity (Wildman–Crippen MR) is 63.6 cm³/mol. The molecule has 0 spiro atoms. The minimum Gasteiger partial charge on any atom is -0.390 e. The zero-order valence-electron chi connectivity index (χ0n) is 9.23. The summed E-state index contributed by atoms with van der Waals surface area (Å²) in [5.41, 5.74) is 0. The van der Waals surface area contributed by atoms with Crippen LogP contribution in [0.1, 0.15) is 11.3 Å². The summed E-state index contributed by atoms with van der Waals surface area (Å²) in [7, 11) is 0. The van der Waals surface area contributed by atoms with Crippen molar-refractivity contribution in [1.29, 1.82) is 0 Å². The number of aliphatic hydroxyl groups excluding tert-OH is 4. The molecule has 0 amide bonds. The van der Waals surface area contributed by atoms with Gasteiger partial charge < -0.3 is 25.7 Å². The van der Waals surface area contributed by atoms with Gasteiger partial charge in [-0.1, -0.05) is 6.07 Å². The van der Waals surface area contributed by atoms with E-state index < -0.39 is 30.5 Å². The van der Waals surface area contributed by atoms with Gasteiger partial charge in [0, 0.05) is 17.5 Å². The highest BCUT2D eigenvalue weighted by Crippen LogP contribution is 2.21. The maximum absolute atomic E-state index is 9.77. The summed E-state index contributed by atoms with van der Waals surface area (Å²) < 4.78 is 0. The highest BCUT2D eigenvalue weighted by atomic mass is 32.1. The van der Waals surface area contributed by atoms with Gasteiger partial charge in [0.05, 0.1) is 12.2 Å². The molecule has 5 atom stereocenters. The second-order valence-corrected chi connectivity index (χ2v) is 5.37. The maximum atomic E-state index is 9.77. The number of rotatable bonds is 3. The van der Waals surface area contributed by atoms with Crippen molar-refractivity contribution in [3.05, 3.63) is 22.4 Å². The van der Waals surface area contributed by atoms with Crippen molar-refractivity contribution in [1.82, 2.24) is 5.32 Å². The van der Waals surface area contributed by atoms with Crippen molar-refractivity contribution in [2.75, 3.05) is 0 Å². The van der Waals surface area contributed by atoms with Gasteiger partial charge in [-0.25, -0.2) is 0 Å². The number of hydrogen-bond acceptors (Lipinski definition) is 6. The van der Waals surface area contributed by atoms with Crippen LogP contribution in [0.5, 0.6) is 0 Å². The van der Waals surface area contributed by atoms with Gasteiger partial charge in [-0.2, -0.15) is 0 Å². The van der Waals surface area contributed by atoms with Crippen LogP contribution >= 0.6 is 11.3 Å². The summed E-state index contributed by atoms with van der Waals surface area (Å²) in [6.45, 7) is 0.578. The van der Waals surface area contributed by atoms with Crippen LogP contribution in [-0.4, -0.2) is 50.9 Å². The second-order valence-electron chi connectivity index (χ2n) is 4.34. The van der Waals surface area contributed by atoms with E-state index in [9.17, 15) is 20.4 Å². The van der Waals surface area contributed by atoms with Gasteiger partial charge in [-0.05, 0) is 17.9 Å². The Labute approximate surface area is 103 Å². The predicted octanol–water partition coefficient (Wildman–Crippen LogP) is -0.946. The van der Waals surface area contributed by atoms with Crippen molar-refractivity contribution in [3.8, 4) is 0 Å². The molecule has 6 heteroatoms. The molecular formula is C11H17NO4S. The summed E-state index contributed by atoms with van der Waals surface area (Å²) in [4.78, 5) is 1.12. The van der Waals surface area contributed by atoms with E-state index in [1.165, 1.54) is 0 Å². The summed E-state index contributed by atoms with van der Waals surface area (Å²) in [5, 5.41) is 43.3. The number of aliphatic hydroxyl groups is 4. The Balaban J connectivity index is 1.92. The molecule has 5 nitrogen and oxygen atoms in total. The van der Waals surface area contributed by atoms with Gasteiger partial charge >= 0.3 is 0 Å². The van der Waals surface area contributed by atoms with Gasteiger partial charge in [0.1, 0.15) is 12.2 Å². The zero-order valence-corrected chi connectivity index (χ0v) is 10.0. The van der Waals surface area contributed by atoms with E-state index in [1.807, 2.05) is 17.5 Å². The molecule has 0 unspecified atom stereocenters. The summed E-state index contributed by atoms with van der Waals surface area (Å²) in [6, 6.07) is 3.49. The second kappa shape index (κ2) is 5.43. The van der Waals surface area contributed by atoms with Crippen molar-refractivity contribution in [3.63, 3.8) is 0 Å². The molecule has 1 fully saturated rings. The fourth-order valence-corrected chi connectivity index (χ4v) is 2.71. The first-order chi connectivity index (χ1) is 8.09. The van der Waals surface area contributed by atoms with Crippen LogP contribution in [-0.2, 0) is 6.54 Å². The highest BCUT2D eigenvalue weighted by Gasteiger charge is 2.41. The third-order valence-corrected chi connectivity index (χ3v) is 4.00. The first-order valence-electron chi connectivity index (χ1n) is 5.57. The Bertz CT molecular complexity index is 345. The van der Waals surface area contributed by atoms with Crippen molar-refractivity contribution in [2.45, 2.75) is 43.4 Å². The van der Waals surface area contributed by atoms with Gasteiger partial charge in [0.2, 0.25) is 0 Å². The Kier molecular flexibility index (Phi) is 4.13. The monoisotopic (exact) mass is 259 g/mol. The van der Waals surface area contributed by atoms with E-state index in [1.54, 1.807) is 11.3 Å². The van der Waals surface area contributed by atoms with Crippen LogP contribution in [0.25, 0.3) is 0 Å². The van der Waals surface area contributed by atoms with Crippen LogP contribution in [0.15, 0.2) is 17.5 Å². The van der Waals surface area contributed by atoms with E-state index in [-0.39, 0.29) is 6.42 Å². The summed E-state index contributed by atoms with van der Waals surface area (Å²) in [5.74, 6) is 0. The molecule has 1 aromatic heterocycles. The topological polar surface area (TPSA) is 93.0 Å². The first kappa shape index (κ1) is 12.9. The summed E-state index contributed by atoms with van der Waals surface area (Å²) >= 11 is 1.60. The number of nitrogens with one attached hydrogen (secondary N) is 1.